The highest BCUT2D eigenvalue weighted by Crippen LogP contribution is 2.34. The molecule has 0 saturated heterocycles. The summed E-state index contributed by atoms with van der Waals surface area (Å²) in [6, 6.07) is 10.4. The Balaban J connectivity index is 1.66. The van der Waals surface area contributed by atoms with Crippen molar-refractivity contribution in [2.45, 2.75) is 6.92 Å². The molecule has 158 valence electrons. The van der Waals surface area contributed by atoms with E-state index in [1.165, 1.54) is 18.2 Å². The summed E-state index contributed by atoms with van der Waals surface area (Å²) in [7, 11) is 0. The van der Waals surface area contributed by atoms with Crippen LogP contribution in [0.1, 0.15) is 17.3 Å². The zero-order valence-corrected chi connectivity index (χ0v) is 16.5. The first-order valence-electron chi connectivity index (χ1n) is 9.54. The highest BCUT2D eigenvalue weighted by Gasteiger charge is 2.14. The zero-order chi connectivity index (χ0) is 21.5. The average Bonchev–Trinajstić information content (AvgIpc) is 2.75. The second-order valence-corrected chi connectivity index (χ2v) is 6.43. The predicted octanol–water partition coefficient (Wildman–Crippen LogP) is 2.65. The topological polar surface area (TPSA) is 118 Å². The van der Waals surface area contributed by atoms with E-state index in [0.717, 1.165) is 0 Å². The summed E-state index contributed by atoms with van der Waals surface area (Å²) in [4.78, 5) is 24.5. The van der Waals surface area contributed by atoms with E-state index >= 15 is 0 Å². The maximum Gasteiger partial charge on any atom is 0.251 e. The van der Waals surface area contributed by atoms with E-state index in [2.05, 4.69) is 5.32 Å². The molecule has 3 rings (SSSR count). The lowest BCUT2D eigenvalue weighted by molar-refractivity contribution is 0.0531. The van der Waals surface area contributed by atoms with Crippen LogP contribution in [-0.2, 0) is 9.47 Å². The van der Waals surface area contributed by atoms with Gasteiger partial charge in [-0.15, -0.1) is 0 Å². The lowest BCUT2D eigenvalue weighted by Gasteiger charge is -2.08. The van der Waals surface area contributed by atoms with E-state index in [-0.39, 0.29) is 33.8 Å². The van der Waals surface area contributed by atoms with Crippen molar-refractivity contribution < 1.29 is 28.9 Å². The summed E-state index contributed by atoms with van der Waals surface area (Å²) < 4.78 is 16.1. The fourth-order valence-corrected chi connectivity index (χ4v) is 2.83. The molecule has 30 heavy (non-hydrogen) atoms. The Kier molecular flexibility index (Phi) is 7.05. The van der Waals surface area contributed by atoms with Crippen molar-refractivity contribution >= 4 is 16.9 Å². The summed E-state index contributed by atoms with van der Waals surface area (Å²) in [5.74, 6) is -0.914. The molecule has 0 fully saturated rings. The van der Waals surface area contributed by atoms with Gasteiger partial charge in [0.1, 0.15) is 5.76 Å². The number of fused-ring (bicyclic) bond motifs is 1. The summed E-state index contributed by atoms with van der Waals surface area (Å²) in [5, 5.41) is 22.5. The number of carbonyl (C=O) groups excluding carboxylic acids is 1. The van der Waals surface area contributed by atoms with Gasteiger partial charge in [0.25, 0.3) is 5.91 Å². The van der Waals surface area contributed by atoms with Gasteiger partial charge in [0, 0.05) is 30.3 Å². The second kappa shape index (κ2) is 9.91. The van der Waals surface area contributed by atoms with Crippen molar-refractivity contribution in [2.75, 3.05) is 33.0 Å². The zero-order valence-electron chi connectivity index (χ0n) is 16.5. The van der Waals surface area contributed by atoms with Gasteiger partial charge in [0.05, 0.1) is 25.2 Å². The molecule has 0 bridgehead atoms. The van der Waals surface area contributed by atoms with E-state index in [1.54, 1.807) is 24.3 Å². The number of phenols is 2. The summed E-state index contributed by atoms with van der Waals surface area (Å²) in [6.07, 6.45) is 0. The molecule has 8 nitrogen and oxygen atoms in total. The largest absolute Gasteiger partial charge is 0.504 e. The van der Waals surface area contributed by atoms with Crippen LogP contribution in [0.15, 0.2) is 51.7 Å². The number of benzene rings is 2. The number of hydrogen-bond donors (Lipinski definition) is 3. The molecule has 0 unspecified atom stereocenters. The minimum Gasteiger partial charge on any atom is -0.504 e. The summed E-state index contributed by atoms with van der Waals surface area (Å²) in [6.45, 7) is 4.30. The highest BCUT2D eigenvalue weighted by atomic mass is 16.5. The fraction of sp³-hybridized carbons (Fsp3) is 0.273. The molecule has 0 atom stereocenters. The van der Waals surface area contributed by atoms with Crippen LogP contribution in [0.3, 0.4) is 0 Å². The van der Waals surface area contributed by atoms with E-state index < -0.39 is 5.75 Å². The van der Waals surface area contributed by atoms with Gasteiger partial charge in [-0.05, 0) is 31.2 Å². The van der Waals surface area contributed by atoms with Crippen molar-refractivity contribution in [2.24, 2.45) is 0 Å². The van der Waals surface area contributed by atoms with Crippen LogP contribution in [-0.4, -0.2) is 49.1 Å². The third-order valence-corrected chi connectivity index (χ3v) is 4.39. The number of aromatic hydroxyl groups is 2. The Morgan fingerprint density at radius 2 is 1.77 bits per heavy atom. The van der Waals surface area contributed by atoms with Crippen molar-refractivity contribution in [3.8, 4) is 22.8 Å². The smallest absolute Gasteiger partial charge is 0.251 e. The minimum atomic E-state index is -0.495. The molecule has 3 N–H and O–H groups in total. The van der Waals surface area contributed by atoms with Crippen LogP contribution in [0.25, 0.3) is 22.3 Å². The molecule has 8 heteroatoms. The molecule has 3 aromatic rings. The van der Waals surface area contributed by atoms with Crippen molar-refractivity contribution in [1.29, 1.82) is 0 Å². The third kappa shape index (κ3) is 4.97. The molecule has 1 amide bonds. The first kappa shape index (κ1) is 21.4. The number of hydrogen-bond acceptors (Lipinski definition) is 7. The second-order valence-electron chi connectivity index (χ2n) is 6.43. The molecule has 0 aliphatic carbocycles. The molecule has 0 aliphatic heterocycles. The van der Waals surface area contributed by atoms with E-state index in [4.69, 9.17) is 13.9 Å². The molecular formula is C22H23NO7. The van der Waals surface area contributed by atoms with Crippen molar-refractivity contribution in [3.05, 3.63) is 58.3 Å². The fourth-order valence-electron chi connectivity index (χ4n) is 2.83. The lowest BCUT2D eigenvalue weighted by atomic mass is 10.1. The van der Waals surface area contributed by atoms with Gasteiger partial charge >= 0.3 is 0 Å². The maximum absolute atomic E-state index is 12.3. The van der Waals surface area contributed by atoms with Gasteiger partial charge < -0.3 is 29.4 Å². The Morgan fingerprint density at radius 1 is 1.03 bits per heavy atom. The number of rotatable bonds is 9. The van der Waals surface area contributed by atoms with Crippen LogP contribution < -0.4 is 10.7 Å². The van der Waals surface area contributed by atoms with Gasteiger partial charge in [-0.1, -0.05) is 12.1 Å². The molecule has 0 saturated carbocycles. The van der Waals surface area contributed by atoms with Gasteiger partial charge in [0.2, 0.25) is 5.75 Å². The molecule has 0 aliphatic rings. The minimum absolute atomic E-state index is 0.0938. The maximum atomic E-state index is 12.3. The van der Waals surface area contributed by atoms with E-state index in [1.807, 2.05) is 6.92 Å². The monoisotopic (exact) mass is 413 g/mol. The van der Waals surface area contributed by atoms with E-state index in [0.29, 0.717) is 44.1 Å². The van der Waals surface area contributed by atoms with Crippen LogP contribution >= 0.6 is 0 Å². The number of phenolic OH excluding ortho intramolecular Hbond substituents is 2. The van der Waals surface area contributed by atoms with Gasteiger partial charge in [0.15, 0.2) is 16.8 Å². The quantitative estimate of drug-likeness (QED) is 0.365. The Labute approximate surface area is 172 Å². The van der Waals surface area contributed by atoms with Crippen molar-refractivity contribution in [1.82, 2.24) is 5.32 Å². The molecular weight excluding hydrogens is 390 g/mol. The van der Waals surface area contributed by atoms with Crippen LogP contribution in [0.2, 0.25) is 0 Å². The lowest BCUT2D eigenvalue weighted by Crippen LogP contribution is -2.27. The normalized spacial score (nSPS) is 11.0. The Bertz CT molecular complexity index is 1070. The standard InChI is InChI=1S/C22H23NO7/c1-2-28-11-12-29-10-9-23-22(27)15-5-3-14(4-6-15)19-13-18(25)16-7-8-17(24)20(26)21(16)30-19/h3-8,13,24,26H,2,9-12H2,1H3,(H,23,27). The molecule has 0 spiro atoms. The number of ether oxygens (including phenoxy) is 2. The average molecular weight is 413 g/mol. The molecule has 0 radical (unpaired) electrons. The predicted molar refractivity (Wildman–Crippen MR) is 111 cm³/mol. The molecule has 2 aromatic carbocycles. The SMILES string of the molecule is CCOCCOCCNC(=O)c1ccc(-c2cc(=O)c3ccc(O)c(O)c3o2)cc1. The first-order valence-corrected chi connectivity index (χ1v) is 9.54. The Morgan fingerprint density at radius 3 is 2.50 bits per heavy atom. The number of amides is 1. The van der Waals surface area contributed by atoms with E-state index in [9.17, 15) is 19.8 Å². The first-order chi connectivity index (χ1) is 14.5. The molecule has 1 aromatic heterocycles. The van der Waals surface area contributed by atoms with Gasteiger partial charge in [-0.2, -0.15) is 0 Å². The Hall–Kier alpha value is -3.36. The van der Waals surface area contributed by atoms with Crippen LogP contribution in [0.4, 0.5) is 0 Å². The summed E-state index contributed by atoms with van der Waals surface area (Å²) in [5.41, 5.74) is 0.542. The molecule has 1 heterocycles. The van der Waals surface area contributed by atoms with Crippen LogP contribution in [0, 0.1) is 0 Å². The van der Waals surface area contributed by atoms with Gasteiger partial charge in [-0.3, -0.25) is 9.59 Å². The van der Waals surface area contributed by atoms with Crippen LogP contribution in [0.5, 0.6) is 11.5 Å². The third-order valence-electron chi connectivity index (χ3n) is 4.39. The highest BCUT2D eigenvalue weighted by molar-refractivity contribution is 5.94. The number of carbonyl (C=O) groups is 1. The summed E-state index contributed by atoms with van der Waals surface area (Å²) >= 11 is 0. The van der Waals surface area contributed by atoms with Crippen molar-refractivity contribution in [3.63, 3.8) is 0 Å². The van der Waals surface area contributed by atoms with Gasteiger partial charge in [-0.25, -0.2) is 0 Å². The number of nitrogens with one attached hydrogen (secondary N) is 1.